The maximum atomic E-state index is 10.9. The molecule has 4 nitrogen and oxygen atoms in total. The van der Waals surface area contributed by atoms with Crippen molar-refractivity contribution in [3.05, 3.63) is 24.5 Å². The quantitative estimate of drug-likeness (QED) is 0.794. The normalized spacial score (nSPS) is 21.3. The molecule has 0 spiro atoms. The van der Waals surface area contributed by atoms with Crippen molar-refractivity contribution in [2.24, 2.45) is 5.92 Å². The number of carboxylic acid groups (broad SMARTS) is 1. The van der Waals surface area contributed by atoms with Gasteiger partial charge in [0.05, 0.1) is 5.92 Å². The van der Waals surface area contributed by atoms with E-state index in [-0.39, 0.29) is 5.92 Å². The van der Waals surface area contributed by atoms with Crippen molar-refractivity contribution < 1.29 is 9.90 Å². The lowest BCUT2D eigenvalue weighted by atomic mass is 9.98. The van der Waals surface area contributed by atoms with Crippen LogP contribution in [0.25, 0.3) is 0 Å². The summed E-state index contributed by atoms with van der Waals surface area (Å²) < 4.78 is 0. The lowest BCUT2D eigenvalue weighted by molar-refractivity contribution is -0.141. The maximum absolute atomic E-state index is 10.9. The minimum absolute atomic E-state index is 0.230. The van der Waals surface area contributed by atoms with E-state index < -0.39 is 5.97 Å². The monoisotopic (exact) mass is 206 g/mol. The van der Waals surface area contributed by atoms with Crippen LogP contribution in [0, 0.1) is 5.92 Å². The highest BCUT2D eigenvalue weighted by Crippen LogP contribution is 2.22. The van der Waals surface area contributed by atoms with Gasteiger partial charge in [0.1, 0.15) is 0 Å². The van der Waals surface area contributed by atoms with Crippen molar-refractivity contribution in [3.8, 4) is 0 Å². The molecule has 1 aromatic rings. The third-order valence-electron chi connectivity index (χ3n) is 2.80. The molecular formula is C11H14N2O2. The van der Waals surface area contributed by atoms with E-state index in [2.05, 4.69) is 9.88 Å². The molecule has 0 radical (unpaired) electrons. The van der Waals surface area contributed by atoms with Crippen molar-refractivity contribution in [1.82, 2.24) is 4.98 Å². The summed E-state index contributed by atoms with van der Waals surface area (Å²) in [4.78, 5) is 17.0. The largest absolute Gasteiger partial charge is 0.481 e. The summed E-state index contributed by atoms with van der Waals surface area (Å²) in [6, 6.07) is 3.84. The maximum Gasteiger partial charge on any atom is 0.308 e. The van der Waals surface area contributed by atoms with Crippen LogP contribution in [-0.4, -0.2) is 29.1 Å². The van der Waals surface area contributed by atoms with Gasteiger partial charge in [0.15, 0.2) is 0 Å². The number of pyridine rings is 1. The van der Waals surface area contributed by atoms with E-state index in [4.69, 9.17) is 5.11 Å². The molecule has 2 rings (SSSR count). The molecule has 0 bridgehead atoms. The fraction of sp³-hybridized carbons (Fsp3) is 0.455. The van der Waals surface area contributed by atoms with Crippen molar-refractivity contribution in [3.63, 3.8) is 0 Å². The molecule has 80 valence electrons. The summed E-state index contributed by atoms with van der Waals surface area (Å²) >= 11 is 0. The van der Waals surface area contributed by atoms with Gasteiger partial charge in [-0.1, -0.05) is 0 Å². The number of rotatable bonds is 2. The molecule has 1 atom stereocenters. The van der Waals surface area contributed by atoms with E-state index in [0.717, 1.165) is 25.1 Å². The van der Waals surface area contributed by atoms with E-state index in [1.165, 1.54) is 0 Å². The minimum Gasteiger partial charge on any atom is -0.481 e. The summed E-state index contributed by atoms with van der Waals surface area (Å²) in [5.41, 5.74) is 1.07. The van der Waals surface area contributed by atoms with Gasteiger partial charge in [0.2, 0.25) is 0 Å². The second kappa shape index (κ2) is 4.29. The number of aromatic nitrogens is 1. The Balaban J connectivity index is 2.08. The highest BCUT2D eigenvalue weighted by atomic mass is 16.4. The standard InChI is InChI=1S/C11H14N2O2/c14-11(15)9-2-1-7-13(8-9)10-3-5-12-6-4-10/h3-6,9H,1-2,7-8H2,(H,14,15)/t9-/m1/s1. The number of carbonyl (C=O) groups is 1. The molecule has 15 heavy (non-hydrogen) atoms. The van der Waals surface area contributed by atoms with E-state index in [0.29, 0.717) is 6.54 Å². The Hall–Kier alpha value is -1.58. The van der Waals surface area contributed by atoms with Crippen molar-refractivity contribution in [1.29, 1.82) is 0 Å². The third kappa shape index (κ3) is 2.26. The predicted octanol–water partition coefficient (Wildman–Crippen LogP) is 1.38. The van der Waals surface area contributed by atoms with Crippen LogP contribution in [0.5, 0.6) is 0 Å². The summed E-state index contributed by atoms with van der Waals surface area (Å²) in [5.74, 6) is -0.916. The van der Waals surface area contributed by atoms with Gasteiger partial charge < -0.3 is 10.0 Å². The first-order valence-electron chi connectivity index (χ1n) is 5.15. The second-order valence-corrected chi connectivity index (χ2v) is 3.83. The van der Waals surface area contributed by atoms with Gasteiger partial charge in [0.25, 0.3) is 0 Å². The van der Waals surface area contributed by atoms with Crippen LogP contribution in [0.2, 0.25) is 0 Å². The highest BCUT2D eigenvalue weighted by molar-refractivity contribution is 5.71. The molecule has 0 saturated carbocycles. The van der Waals surface area contributed by atoms with E-state index in [1.54, 1.807) is 12.4 Å². The smallest absolute Gasteiger partial charge is 0.308 e. The lowest BCUT2D eigenvalue weighted by Gasteiger charge is -2.32. The first-order valence-corrected chi connectivity index (χ1v) is 5.15. The lowest BCUT2D eigenvalue weighted by Crippen LogP contribution is -2.38. The molecule has 1 aliphatic rings. The Morgan fingerprint density at radius 1 is 1.47 bits per heavy atom. The summed E-state index contributed by atoms with van der Waals surface area (Å²) in [5, 5.41) is 8.96. The van der Waals surface area contributed by atoms with Gasteiger partial charge in [-0.2, -0.15) is 0 Å². The number of aliphatic carboxylic acids is 1. The molecular weight excluding hydrogens is 192 g/mol. The summed E-state index contributed by atoms with van der Waals surface area (Å²) in [6.07, 6.45) is 5.20. The predicted molar refractivity (Wildman–Crippen MR) is 56.8 cm³/mol. The highest BCUT2D eigenvalue weighted by Gasteiger charge is 2.25. The van der Waals surface area contributed by atoms with E-state index >= 15 is 0 Å². The number of nitrogens with zero attached hydrogens (tertiary/aromatic N) is 2. The Morgan fingerprint density at radius 2 is 2.20 bits per heavy atom. The van der Waals surface area contributed by atoms with Crippen LogP contribution in [0.3, 0.4) is 0 Å². The van der Waals surface area contributed by atoms with Gasteiger partial charge in [-0.3, -0.25) is 9.78 Å². The molecule has 1 N–H and O–H groups in total. The Morgan fingerprint density at radius 3 is 2.87 bits per heavy atom. The van der Waals surface area contributed by atoms with Gasteiger partial charge in [-0.25, -0.2) is 0 Å². The third-order valence-corrected chi connectivity index (χ3v) is 2.80. The minimum atomic E-state index is -0.686. The van der Waals surface area contributed by atoms with Crippen molar-refractivity contribution in [2.75, 3.05) is 18.0 Å². The van der Waals surface area contributed by atoms with Crippen LogP contribution in [0.15, 0.2) is 24.5 Å². The fourth-order valence-electron chi connectivity index (χ4n) is 1.97. The van der Waals surface area contributed by atoms with Crippen LogP contribution in [0.4, 0.5) is 5.69 Å². The zero-order valence-electron chi connectivity index (χ0n) is 8.47. The van der Waals surface area contributed by atoms with Crippen LogP contribution in [-0.2, 0) is 4.79 Å². The fourth-order valence-corrected chi connectivity index (χ4v) is 1.97. The summed E-state index contributed by atoms with van der Waals surface area (Å²) in [6.45, 7) is 1.55. The van der Waals surface area contributed by atoms with Crippen molar-refractivity contribution >= 4 is 11.7 Å². The van der Waals surface area contributed by atoms with Gasteiger partial charge in [0, 0.05) is 31.2 Å². The van der Waals surface area contributed by atoms with Crippen LogP contribution >= 0.6 is 0 Å². The zero-order chi connectivity index (χ0) is 10.7. The number of carboxylic acids is 1. The molecule has 1 fully saturated rings. The van der Waals surface area contributed by atoms with Crippen LogP contribution < -0.4 is 4.90 Å². The Labute approximate surface area is 88.6 Å². The SMILES string of the molecule is O=C(O)[C@@H]1CCCN(c2ccncc2)C1. The molecule has 1 aromatic heterocycles. The van der Waals surface area contributed by atoms with Gasteiger partial charge in [-0.15, -0.1) is 0 Å². The average Bonchev–Trinajstić information content (AvgIpc) is 2.30. The average molecular weight is 206 g/mol. The molecule has 0 unspecified atom stereocenters. The van der Waals surface area contributed by atoms with E-state index in [9.17, 15) is 4.79 Å². The Bertz CT molecular complexity index is 340. The van der Waals surface area contributed by atoms with Crippen LogP contribution in [0.1, 0.15) is 12.8 Å². The number of hydrogen-bond donors (Lipinski definition) is 1. The Kier molecular flexibility index (Phi) is 2.85. The molecule has 0 amide bonds. The zero-order valence-corrected chi connectivity index (χ0v) is 8.47. The van der Waals surface area contributed by atoms with Gasteiger partial charge in [-0.05, 0) is 25.0 Å². The van der Waals surface area contributed by atoms with Gasteiger partial charge >= 0.3 is 5.97 Å². The van der Waals surface area contributed by atoms with Crippen molar-refractivity contribution in [2.45, 2.75) is 12.8 Å². The molecule has 4 heteroatoms. The van der Waals surface area contributed by atoms with E-state index in [1.807, 2.05) is 12.1 Å². The number of hydrogen-bond acceptors (Lipinski definition) is 3. The number of anilines is 1. The first-order chi connectivity index (χ1) is 7.27. The molecule has 0 aliphatic carbocycles. The second-order valence-electron chi connectivity index (χ2n) is 3.83. The molecule has 2 heterocycles. The summed E-state index contributed by atoms with van der Waals surface area (Å²) in [7, 11) is 0. The molecule has 1 aliphatic heterocycles. The molecule has 0 aromatic carbocycles. The number of piperidine rings is 1. The topological polar surface area (TPSA) is 53.4 Å². The first kappa shape index (κ1) is 9.96. The molecule has 1 saturated heterocycles.